The first-order valence-electron chi connectivity index (χ1n) is 11.9. The molecule has 1 aromatic carbocycles. The third-order valence-electron chi connectivity index (χ3n) is 6.29. The van der Waals surface area contributed by atoms with Crippen molar-refractivity contribution >= 4 is 17.8 Å². The second-order valence-corrected chi connectivity index (χ2v) is 9.22. The van der Waals surface area contributed by atoms with Crippen LogP contribution >= 0.6 is 0 Å². The lowest BCUT2D eigenvalue weighted by molar-refractivity contribution is -0.151. The maximum atomic E-state index is 12.8. The number of piperidine rings is 1. The molecule has 0 saturated carbocycles. The van der Waals surface area contributed by atoms with Crippen molar-refractivity contribution < 1.29 is 23.9 Å². The van der Waals surface area contributed by atoms with E-state index < -0.39 is 0 Å². The molecule has 2 aliphatic heterocycles. The van der Waals surface area contributed by atoms with E-state index in [0.29, 0.717) is 38.1 Å². The Balaban J connectivity index is 1.47. The number of esters is 1. The highest BCUT2D eigenvalue weighted by Gasteiger charge is 2.29. The van der Waals surface area contributed by atoms with Gasteiger partial charge in [0.1, 0.15) is 0 Å². The molecule has 2 amide bonds. The quantitative estimate of drug-likeness (QED) is 0.582. The van der Waals surface area contributed by atoms with Gasteiger partial charge in [-0.3, -0.25) is 19.3 Å². The molecule has 33 heavy (non-hydrogen) atoms. The fourth-order valence-corrected chi connectivity index (χ4v) is 4.64. The Kier molecular flexibility index (Phi) is 8.86. The van der Waals surface area contributed by atoms with Crippen LogP contribution in [0.1, 0.15) is 49.5 Å². The standard InChI is InChI=1S/C25H37N3O5/c1-5-32-25(31)22-10-12-28(13-11-22)23(29)17-26(4)24(30)21-8-6-20(7-9-21)16-27-14-18(2)33-19(3)15-27/h6-9,18-19,22H,5,10-17H2,1-4H3. The second kappa shape index (κ2) is 11.6. The molecule has 2 heterocycles. The van der Waals surface area contributed by atoms with Gasteiger partial charge in [0.25, 0.3) is 5.91 Å². The predicted molar refractivity (Wildman–Crippen MR) is 125 cm³/mol. The Hall–Kier alpha value is -2.45. The Morgan fingerprint density at radius 3 is 2.24 bits per heavy atom. The van der Waals surface area contributed by atoms with Crippen LogP contribution in [0.5, 0.6) is 0 Å². The minimum Gasteiger partial charge on any atom is -0.466 e. The zero-order valence-electron chi connectivity index (χ0n) is 20.3. The fourth-order valence-electron chi connectivity index (χ4n) is 4.64. The highest BCUT2D eigenvalue weighted by molar-refractivity contribution is 5.96. The number of likely N-dealkylation sites (N-methyl/N-ethyl adjacent to an activating group) is 1. The molecule has 8 heteroatoms. The van der Waals surface area contributed by atoms with Crippen LogP contribution < -0.4 is 0 Å². The molecule has 2 atom stereocenters. The number of carbonyl (C=O) groups is 3. The summed E-state index contributed by atoms with van der Waals surface area (Å²) in [6.45, 7) is 10.0. The van der Waals surface area contributed by atoms with Crippen molar-refractivity contribution in [3.63, 3.8) is 0 Å². The molecular weight excluding hydrogens is 422 g/mol. The highest BCUT2D eigenvalue weighted by Crippen LogP contribution is 2.19. The smallest absolute Gasteiger partial charge is 0.309 e. The third-order valence-corrected chi connectivity index (χ3v) is 6.29. The summed E-state index contributed by atoms with van der Waals surface area (Å²) in [6, 6.07) is 7.62. The molecule has 0 spiro atoms. The van der Waals surface area contributed by atoms with Gasteiger partial charge in [-0.2, -0.15) is 0 Å². The van der Waals surface area contributed by atoms with E-state index in [0.717, 1.165) is 25.2 Å². The van der Waals surface area contributed by atoms with E-state index in [1.807, 2.05) is 24.3 Å². The van der Waals surface area contributed by atoms with Crippen molar-refractivity contribution in [2.45, 2.75) is 52.4 Å². The van der Waals surface area contributed by atoms with Gasteiger partial charge in [-0.15, -0.1) is 0 Å². The van der Waals surface area contributed by atoms with E-state index in [1.54, 1.807) is 18.9 Å². The summed E-state index contributed by atoms with van der Waals surface area (Å²) < 4.78 is 10.9. The van der Waals surface area contributed by atoms with Crippen LogP contribution in [0, 0.1) is 5.92 Å². The Morgan fingerprint density at radius 2 is 1.67 bits per heavy atom. The van der Waals surface area contributed by atoms with Crippen molar-refractivity contribution in [2.75, 3.05) is 46.4 Å². The van der Waals surface area contributed by atoms with E-state index in [-0.39, 0.29) is 42.5 Å². The van der Waals surface area contributed by atoms with Crippen molar-refractivity contribution in [1.82, 2.24) is 14.7 Å². The maximum Gasteiger partial charge on any atom is 0.309 e. The fraction of sp³-hybridized carbons (Fsp3) is 0.640. The summed E-state index contributed by atoms with van der Waals surface area (Å²) in [4.78, 5) is 42.9. The largest absolute Gasteiger partial charge is 0.466 e. The van der Waals surface area contributed by atoms with Crippen LogP contribution in [0.15, 0.2) is 24.3 Å². The van der Waals surface area contributed by atoms with E-state index in [4.69, 9.17) is 9.47 Å². The first-order valence-corrected chi connectivity index (χ1v) is 11.9. The van der Waals surface area contributed by atoms with Crippen molar-refractivity contribution in [2.24, 2.45) is 5.92 Å². The summed E-state index contributed by atoms with van der Waals surface area (Å²) in [7, 11) is 1.65. The van der Waals surface area contributed by atoms with Crippen molar-refractivity contribution in [1.29, 1.82) is 0 Å². The molecule has 0 radical (unpaired) electrons. The molecule has 2 fully saturated rings. The van der Waals surface area contributed by atoms with E-state index in [1.165, 1.54) is 4.90 Å². The minimum atomic E-state index is -0.182. The van der Waals surface area contributed by atoms with Crippen LogP contribution in [0.25, 0.3) is 0 Å². The highest BCUT2D eigenvalue weighted by atomic mass is 16.5. The van der Waals surface area contributed by atoms with Gasteiger partial charge in [-0.05, 0) is 51.3 Å². The molecule has 3 rings (SSSR count). The van der Waals surface area contributed by atoms with E-state index >= 15 is 0 Å². The number of hydrogen-bond donors (Lipinski definition) is 0. The van der Waals surface area contributed by atoms with Gasteiger partial charge >= 0.3 is 5.97 Å². The molecule has 0 bridgehead atoms. The number of likely N-dealkylation sites (tertiary alicyclic amines) is 1. The second-order valence-electron chi connectivity index (χ2n) is 9.22. The third kappa shape index (κ3) is 7.01. The number of ether oxygens (including phenoxy) is 2. The average Bonchev–Trinajstić information content (AvgIpc) is 2.78. The number of amides is 2. The number of hydrogen-bond acceptors (Lipinski definition) is 6. The Labute approximate surface area is 196 Å². The zero-order chi connectivity index (χ0) is 24.0. The molecule has 1 aromatic rings. The summed E-state index contributed by atoms with van der Waals surface area (Å²) in [5, 5.41) is 0. The average molecular weight is 460 g/mol. The molecule has 2 aliphatic rings. The van der Waals surface area contributed by atoms with Gasteiger partial charge in [-0.1, -0.05) is 12.1 Å². The van der Waals surface area contributed by atoms with Gasteiger partial charge in [-0.25, -0.2) is 0 Å². The maximum absolute atomic E-state index is 12.8. The Morgan fingerprint density at radius 1 is 1.06 bits per heavy atom. The van der Waals surface area contributed by atoms with Crippen LogP contribution in [-0.4, -0.2) is 91.1 Å². The number of rotatable bonds is 7. The van der Waals surface area contributed by atoms with Gasteiger partial charge in [0.15, 0.2) is 0 Å². The van der Waals surface area contributed by atoms with Gasteiger partial charge in [0, 0.05) is 45.3 Å². The lowest BCUT2D eigenvalue weighted by atomic mass is 9.97. The topological polar surface area (TPSA) is 79.4 Å². The summed E-state index contributed by atoms with van der Waals surface area (Å²) in [5.74, 6) is -0.598. The van der Waals surface area contributed by atoms with Crippen LogP contribution in [0.4, 0.5) is 0 Å². The molecule has 2 unspecified atom stereocenters. The number of morpholine rings is 1. The van der Waals surface area contributed by atoms with Gasteiger partial charge < -0.3 is 19.3 Å². The minimum absolute atomic E-state index is 0.0220. The molecule has 0 aromatic heterocycles. The lowest BCUT2D eigenvalue weighted by Gasteiger charge is -2.35. The molecule has 182 valence electrons. The van der Waals surface area contributed by atoms with E-state index in [2.05, 4.69) is 18.7 Å². The number of carbonyl (C=O) groups excluding carboxylic acids is 3. The van der Waals surface area contributed by atoms with Crippen LogP contribution in [-0.2, 0) is 25.6 Å². The van der Waals surface area contributed by atoms with Crippen molar-refractivity contribution in [3.8, 4) is 0 Å². The molecular formula is C25H37N3O5. The Bertz CT molecular complexity index is 810. The van der Waals surface area contributed by atoms with E-state index in [9.17, 15) is 14.4 Å². The van der Waals surface area contributed by atoms with Crippen LogP contribution in [0.3, 0.4) is 0 Å². The summed E-state index contributed by atoms with van der Waals surface area (Å²) >= 11 is 0. The molecule has 2 saturated heterocycles. The predicted octanol–water partition coefficient (Wildman–Crippen LogP) is 2.17. The number of benzene rings is 1. The molecule has 8 nitrogen and oxygen atoms in total. The monoisotopic (exact) mass is 459 g/mol. The SMILES string of the molecule is CCOC(=O)C1CCN(C(=O)CN(C)C(=O)c2ccc(CN3CC(C)OC(C)C3)cc2)CC1. The molecule has 0 N–H and O–H groups in total. The van der Waals surface area contributed by atoms with Crippen LogP contribution in [0.2, 0.25) is 0 Å². The van der Waals surface area contributed by atoms with Crippen molar-refractivity contribution in [3.05, 3.63) is 35.4 Å². The lowest BCUT2D eigenvalue weighted by Crippen LogP contribution is -2.45. The zero-order valence-corrected chi connectivity index (χ0v) is 20.3. The van der Waals surface area contributed by atoms with Gasteiger partial charge in [0.05, 0.1) is 31.3 Å². The number of nitrogens with zero attached hydrogens (tertiary/aromatic N) is 3. The van der Waals surface area contributed by atoms with Gasteiger partial charge in [0.2, 0.25) is 5.91 Å². The summed E-state index contributed by atoms with van der Waals surface area (Å²) in [6.07, 6.45) is 1.64. The summed E-state index contributed by atoms with van der Waals surface area (Å²) in [5.41, 5.74) is 1.72. The first kappa shape index (κ1) is 25.2. The first-order chi connectivity index (χ1) is 15.8. The molecule has 0 aliphatic carbocycles. The normalized spacial score (nSPS) is 22.1.